The van der Waals surface area contributed by atoms with Crippen LogP contribution < -0.4 is 5.32 Å². The highest BCUT2D eigenvalue weighted by molar-refractivity contribution is 5.94. The zero-order valence-electron chi connectivity index (χ0n) is 16.4. The fourth-order valence-corrected chi connectivity index (χ4v) is 2.94. The summed E-state index contributed by atoms with van der Waals surface area (Å²) in [5, 5.41) is 24.7. The maximum Gasteiger partial charge on any atom is 0.338 e. The van der Waals surface area contributed by atoms with Crippen molar-refractivity contribution in [2.45, 2.75) is 12.1 Å². The van der Waals surface area contributed by atoms with Gasteiger partial charge in [-0.2, -0.15) is 0 Å². The van der Waals surface area contributed by atoms with Gasteiger partial charge in [0.15, 0.2) is 5.72 Å². The Hall–Kier alpha value is -4.04. The van der Waals surface area contributed by atoms with Crippen molar-refractivity contribution in [3.05, 3.63) is 112 Å². The van der Waals surface area contributed by atoms with Gasteiger partial charge >= 0.3 is 5.97 Å². The number of esters is 1. The standard InChI is InChI=1S/C23H20N2O6/c26-21(17-7-3-1-4-8-17)24-23(28,19-11-13-20(14-12-19)25(29)30)15-16-31-22(27)18-9-5-2-6-10-18/h1-14,28H,15-16H2,(H,24,26). The number of amides is 1. The van der Waals surface area contributed by atoms with E-state index in [9.17, 15) is 24.8 Å². The van der Waals surface area contributed by atoms with Crippen LogP contribution in [0.4, 0.5) is 5.69 Å². The first-order valence-corrected chi connectivity index (χ1v) is 9.46. The van der Waals surface area contributed by atoms with Crippen molar-refractivity contribution in [3.8, 4) is 0 Å². The number of aliphatic hydroxyl groups is 1. The Morgan fingerprint density at radius 2 is 1.45 bits per heavy atom. The van der Waals surface area contributed by atoms with Crippen LogP contribution in [0.2, 0.25) is 0 Å². The van der Waals surface area contributed by atoms with E-state index >= 15 is 0 Å². The van der Waals surface area contributed by atoms with Crippen molar-refractivity contribution < 1.29 is 24.4 Å². The first-order valence-electron chi connectivity index (χ1n) is 9.46. The van der Waals surface area contributed by atoms with Gasteiger partial charge < -0.3 is 15.2 Å². The highest BCUT2D eigenvalue weighted by atomic mass is 16.6. The summed E-state index contributed by atoms with van der Waals surface area (Å²) in [7, 11) is 0. The van der Waals surface area contributed by atoms with Crippen LogP contribution in [-0.2, 0) is 10.5 Å². The number of ether oxygens (including phenoxy) is 1. The van der Waals surface area contributed by atoms with E-state index < -0.39 is 22.5 Å². The summed E-state index contributed by atoms with van der Waals surface area (Å²) in [4.78, 5) is 35.2. The molecule has 1 unspecified atom stereocenters. The molecule has 31 heavy (non-hydrogen) atoms. The molecule has 0 saturated heterocycles. The van der Waals surface area contributed by atoms with Gasteiger partial charge in [-0.25, -0.2) is 4.79 Å². The Morgan fingerprint density at radius 1 is 0.903 bits per heavy atom. The summed E-state index contributed by atoms with van der Waals surface area (Å²) in [6.07, 6.45) is -0.165. The minimum atomic E-state index is -1.92. The number of carbonyl (C=O) groups excluding carboxylic acids is 2. The van der Waals surface area contributed by atoms with Gasteiger partial charge in [0, 0.05) is 29.7 Å². The Balaban J connectivity index is 1.78. The Morgan fingerprint density at radius 3 is 2.00 bits per heavy atom. The van der Waals surface area contributed by atoms with Gasteiger partial charge in [-0.05, 0) is 36.4 Å². The van der Waals surface area contributed by atoms with Gasteiger partial charge in [-0.3, -0.25) is 14.9 Å². The fourth-order valence-electron chi connectivity index (χ4n) is 2.94. The topological polar surface area (TPSA) is 119 Å². The summed E-state index contributed by atoms with van der Waals surface area (Å²) >= 11 is 0. The van der Waals surface area contributed by atoms with Crippen molar-refractivity contribution in [1.82, 2.24) is 5.32 Å². The van der Waals surface area contributed by atoms with Gasteiger partial charge in [0.25, 0.3) is 11.6 Å². The second-order valence-corrected chi connectivity index (χ2v) is 6.74. The molecule has 0 radical (unpaired) electrons. The van der Waals surface area contributed by atoms with Gasteiger partial charge in [0.1, 0.15) is 0 Å². The molecule has 0 spiro atoms. The summed E-state index contributed by atoms with van der Waals surface area (Å²) in [6, 6.07) is 21.8. The molecule has 0 aromatic heterocycles. The van der Waals surface area contributed by atoms with E-state index in [0.717, 1.165) is 0 Å². The number of rotatable bonds is 8. The van der Waals surface area contributed by atoms with Crippen LogP contribution >= 0.6 is 0 Å². The second kappa shape index (κ2) is 9.64. The zero-order chi connectivity index (χ0) is 22.3. The van der Waals surface area contributed by atoms with Crippen molar-refractivity contribution in [1.29, 1.82) is 0 Å². The minimum Gasteiger partial charge on any atom is -0.462 e. The quantitative estimate of drug-likeness (QED) is 0.249. The molecule has 8 nitrogen and oxygen atoms in total. The number of nitro groups is 1. The third-order valence-corrected chi connectivity index (χ3v) is 4.62. The van der Waals surface area contributed by atoms with E-state index in [1.807, 2.05) is 0 Å². The minimum absolute atomic E-state index is 0.156. The van der Waals surface area contributed by atoms with E-state index in [1.54, 1.807) is 60.7 Å². The van der Waals surface area contributed by atoms with Crippen molar-refractivity contribution in [2.24, 2.45) is 0 Å². The van der Waals surface area contributed by atoms with Crippen LogP contribution in [0.1, 0.15) is 32.7 Å². The number of carbonyl (C=O) groups is 2. The number of benzene rings is 3. The number of hydrogen-bond donors (Lipinski definition) is 2. The molecule has 0 saturated carbocycles. The largest absolute Gasteiger partial charge is 0.462 e. The maximum atomic E-state index is 12.6. The van der Waals surface area contributed by atoms with Crippen molar-refractivity contribution in [3.63, 3.8) is 0 Å². The third kappa shape index (κ3) is 5.52. The number of non-ortho nitro benzene ring substituents is 1. The van der Waals surface area contributed by atoms with E-state index in [4.69, 9.17) is 4.74 Å². The molecule has 3 aromatic rings. The molecule has 0 aliphatic heterocycles. The molecule has 3 aromatic carbocycles. The monoisotopic (exact) mass is 420 g/mol. The number of nitrogens with one attached hydrogen (secondary N) is 1. The average molecular weight is 420 g/mol. The number of nitrogens with zero attached hydrogens (tertiary/aromatic N) is 1. The maximum absolute atomic E-state index is 12.6. The molecule has 0 bridgehead atoms. The lowest BCUT2D eigenvalue weighted by Gasteiger charge is -2.29. The van der Waals surface area contributed by atoms with Crippen LogP contribution in [0.3, 0.4) is 0 Å². The summed E-state index contributed by atoms with van der Waals surface area (Å²) in [6.45, 7) is -0.198. The predicted molar refractivity (Wildman–Crippen MR) is 112 cm³/mol. The molecule has 0 fully saturated rings. The van der Waals surface area contributed by atoms with Gasteiger partial charge in [-0.15, -0.1) is 0 Å². The van der Waals surface area contributed by atoms with E-state index in [-0.39, 0.29) is 24.3 Å². The molecular formula is C23H20N2O6. The first kappa shape index (κ1) is 21.7. The molecule has 0 aliphatic rings. The number of nitro benzene ring substituents is 1. The van der Waals surface area contributed by atoms with Gasteiger partial charge in [0.05, 0.1) is 17.1 Å². The SMILES string of the molecule is O=C(NC(O)(CCOC(=O)c1ccccc1)c1ccc([N+](=O)[O-])cc1)c1ccccc1. The summed E-state index contributed by atoms with van der Waals surface area (Å²) < 4.78 is 5.24. The molecule has 0 aliphatic carbocycles. The lowest BCUT2D eigenvalue weighted by atomic mass is 9.98. The number of hydrogen-bond acceptors (Lipinski definition) is 6. The molecule has 8 heteroatoms. The van der Waals surface area contributed by atoms with Crippen LogP contribution in [0, 0.1) is 10.1 Å². The molecule has 158 valence electrons. The van der Waals surface area contributed by atoms with Crippen LogP contribution in [0.25, 0.3) is 0 Å². The molecule has 2 N–H and O–H groups in total. The van der Waals surface area contributed by atoms with Gasteiger partial charge in [-0.1, -0.05) is 36.4 Å². The molecule has 0 heterocycles. The summed E-state index contributed by atoms with van der Waals surface area (Å²) in [5.41, 5.74) is -1.17. The smallest absolute Gasteiger partial charge is 0.338 e. The molecule has 3 rings (SSSR count). The average Bonchev–Trinajstić information content (AvgIpc) is 2.80. The Labute approximate surface area is 178 Å². The van der Waals surface area contributed by atoms with E-state index in [0.29, 0.717) is 11.1 Å². The zero-order valence-corrected chi connectivity index (χ0v) is 16.4. The molecule has 1 amide bonds. The Kier molecular flexibility index (Phi) is 6.74. The Bertz CT molecular complexity index is 1050. The first-order chi connectivity index (χ1) is 14.9. The highest BCUT2D eigenvalue weighted by Gasteiger charge is 2.32. The van der Waals surface area contributed by atoms with Crippen molar-refractivity contribution >= 4 is 17.6 Å². The lowest BCUT2D eigenvalue weighted by Crippen LogP contribution is -2.46. The van der Waals surface area contributed by atoms with Crippen LogP contribution in [0.5, 0.6) is 0 Å². The van der Waals surface area contributed by atoms with Crippen LogP contribution in [0.15, 0.2) is 84.9 Å². The lowest BCUT2D eigenvalue weighted by molar-refractivity contribution is -0.384. The van der Waals surface area contributed by atoms with E-state index in [1.165, 1.54) is 24.3 Å². The summed E-state index contributed by atoms with van der Waals surface area (Å²) in [5.74, 6) is -1.11. The fraction of sp³-hybridized carbons (Fsp3) is 0.130. The van der Waals surface area contributed by atoms with Crippen molar-refractivity contribution in [2.75, 3.05) is 6.61 Å². The normalized spacial score (nSPS) is 12.4. The molecule has 1 atom stereocenters. The van der Waals surface area contributed by atoms with E-state index in [2.05, 4.69) is 5.32 Å². The highest BCUT2D eigenvalue weighted by Crippen LogP contribution is 2.25. The predicted octanol–water partition coefficient (Wildman–Crippen LogP) is 3.42. The molecular weight excluding hydrogens is 400 g/mol. The van der Waals surface area contributed by atoms with Gasteiger partial charge in [0.2, 0.25) is 0 Å². The second-order valence-electron chi connectivity index (χ2n) is 6.74. The third-order valence-electron chi connectivity index (χ3n) is 4.62. The van der Waals surface area contributed by atoms with Crippen LogP contribution in [-0.4, -0.2) is 28.5 Å².